The Morgan fingerprint density at radius 2 is 0.964 bits per heavy atom. The number of benzene rings is 2. The van der Waals surface area contributed by atoms with Gasteiger partial charge in [-0.2, -0.15) is 23.5 Å². The lowest BCUT2D eigenvalue weighted by atomic mass is 9.19. The minimum atomic E-state index is 0.142. The Balaban J connectivity index is 1.03. The van der Waals surface area contributed by atoms with Gasteiger partial charge in [0.05, 0.1) is 0 Å². The molecule has 0 bridgehead atoms. The van der Waals surface area contributed by atoms with E-state index in [2.05, 4.69) is 123 Å². The van der Waals surface area contributed by atoms with Crippen LogP contribution < -0.4 is 10.9 Å². The summed E-state index contributed by atoms with van der Waals surface area (Å²) >= 11 is 5.29. The second-order valence-electron chi connectivity index (χ2n) is 24.2. The van der Waals surface area contributed by atoms with Gasteiger partial charge in [-0.25, -0.2) is 0 Å². The number of fused-ring (bicyclic) bond motifs is 3. The highest BCUT2D eigenvalue weighted by molar-refractivity contribution is 8.02. The van der Waals surface area contributed by atoms with Gasteiger partial charge in [0, 0.05) is 57.3 Å². The van der Waals surface area contributed by atoms with E-state index in [4.69, 9.17) is 0 Å². The molecule has 5 aliphatic carbocycles. The summed E-state index contributed by atoms with van der Waals surface area (Å²) in [6.45, 7) is 16.1. The van der Waals surface area contributed by atoms with Crippen LogP contribution in [0.3, 0.4) is 0 Å². The summed E-state index contributed by atoms with van der Waals surface area (Å²) in [6.07, 6.45) is 15.4. The summed E-state index contributed by atoms with van der Waals surface area (Å²) < 4.78 is 0. The van der Waals surface area contributed by atoms with Gasteiger partial charge in [0.25, 0.3) is 0 Å². The van der Waals surface area contributed by atoms with Crippen molar-refractivity contribution in [3.05, 3.63) is 59.7 Å². The van der Waals surface area contributed by atoms with Crippen molar-refractivity contribution in [3.63, 3.8) is 0 Å². The molecule has 0 radical (unpaired) electrons. The maximum Gasteiger partial charge on any atom is 0.214 e. The Kier molecular flexibility index (Phi) is 7.19. The molecule has 5 saturated carbocycles. The van der Waals surface area contributed by atoms with Crippen LogP contribution in [0.4, 0.5) is 0 Å². The van der Waals surface area contributed by atoms with Crippen LogP contribution in [0.15, 0.2) is 48.5 Å². The Bertz CT molecular complexity index is 1840. The van der Waals surface area contributed by atoms with Gasteiger partial charge >= 0.3 is 0 Å². The van der Waals surface area contributed by atoms with E-state index in [9.17, 15) is 0 Å². The molecule has 0 aromatic heterocycles. The van der Waals surface area contributed by atoms with E-state index in [0.717, 1.165) is 117 Å². The van der Waals surface area contributed by atoms with E-state index < -0.39 is 0 Å². The molecule has 12 aliphatic rings. The van der Waals surface area contributed by atoms with Crippen molar-refractivity contribution in [2.75, 3.05) is 0 Å². The number of rotatable bonds is 3. The number of hydrogen-bond donors (Lipinski definition) is 0. The molecule has 2 aromatic carbocycles. The first-order chi connectivity index (χ1) is 27.1. The summed E-state index contributed by atoms with van der Waals surface area (Å²) in [4.78, 5) is 7.08. The molecule has 18 unspecified atom stereocenters. The average molecular weight is 781 g/mol. The molecule has 0 spiro atoms. The smallest absolute Gasteiger partial charge is 0.214 e. The molecule has 2 nitrogen and oxygen atoms in total. The van der Waals surface area contributed by atoms with E-state index in [0.29, 0.717) is 12.5 Å². The Morgan fingerprint density at radius 3 is 1.43 bits per heavy atom. The predicted molar refractivity (Wildman–Crippen MR) is 240 cm³/mol. The lowest BCUT2D eigenvalue weighted by Crippen LogP contribution is -2.80. The zero-order valence-electron chi connectivity index (χ0n) is 35.1. The number of nitrogens with zero attached hydrogens (tertiary/aromatic N) is 2. The maximum absolute atomic E-state index is 3.54. The van der Waals surface area contributed by atoms with Crippen LogP contribution in [0.2, 0.25) is 23.3 Å². The van der Waals surface area contributed by atoms with Gasteiger partial charge in [-0.1, -0.05) is 127 Å². The Labute approximate surface area is 348 Å². The maximum atomic E-state index is 3.54. The first-order valence-electron chi connectivity index (χ1n) is 24.1. The highest BCUT2D eigenvalue weighted by atomic mass is 32.2. The summed E-state index contributed by atoms with van der Waals surface area (Å²) in [5.41, 5.74) is 6.61. The Hall–Kier alpha value is -0.810. The van der Waals surface area contributed by atoms with Crippen LogP contribution in [0.1, 0.15) is 117 Å². The van der Waals surface area contributed by atoms with Gasteiger partial charge in [0.1, 0.15) is 0 Å². The van der Waals surface area contributed by atoms with Gasteiger partial charge < -0.3 is 0 Å². The SMILES string of the molecule is CC(C)(C)c1cccc(B(c2cccc(C(C)(C)C)c2)C2C3SC4CCCC5C6CCC7C8CCC9C%10CCCC%11SC2C2C%12B(C7C6N(C45)C3%12)C8C9N2C%11%10)c1. The van der Waals surface area contributed by atoms with Gasteiger partial charge in [0.2, 0.25) is 6.71 Å². The fourth-order valence-electron chi connectivity index (χ4n) is 19.4. The highest BCUT2D eigenvalue weighted by Crippen LogP contribution is 2.80. The molecule has 0 amide bonds. The van der Waals surface area contributed by atoms with Crippen LogP contribution in [0, 0.1) is 35.5 Å². The van der Waals surface area contributed by atoms with Crippen molar-refractivity contribution >= 4 is 47.9 Å². The van der Waals surface area contributed by atoms with E-state index in [-0.39, 0.29) is 10.8 Å². The molecular formula is C50H66B2N2S2. The zero-order chi connectivity index (χ0) is 37.3. The second-order valence-corrected chi connectivity index (χ2v) is 27.1. The molecule has 7 aliphatic heterocycles. The summed E-state index contributed by atoms with van der Waals surface area (Å²) in [6, 6.07) is 25.7. The lowest BCUT2D eigenvalue weighted by Gasteiger charge is -2.72. The Morgan fingerprint density at radius 1 is 0.518 bits per heavy atom. The molecule has 0 N–H and O–H groups in total. The predicted octanol–water partition coefficient (Wildman–Crippen LogP) is 9.38. The van der Waals surface area contributed by atoms with E-state index in [1.165, 1.54) is 36.8 Å². The third-order valence-electron chi connectivity index (χ3n) is 20.6. The number of thioether (sulfide) groups is 2. The van der Waals surface area contributed by atoms with Crippen molar-refractivity contribution in [2.24, 2.45) is 35.5 Å². The standard InChI is InChI=1S/C50H66B2N2S2/c1-49(2,3)25-11-7-13-27(23-25)51(28-14-8-12-26(24-28)50(4,5)6)40-47-45-39-46-48(40)56-36-18-10-16-32-34-22-20-30-29-19-21-33-31-15-9-17-35(55-47)41(31)53(45)43(33)37(29)52(39)38(30)44(34)54(46)42(32)36/h7-8,11-14,23-24,29-48H,9-10,15-22H2,1-6H3. The van der Waals surface area contributed by atoms with E-state index in [1.54, 1.807) is 49.5 Å². The third-order valence-corrected chi connectivity index (χ3v) is 24.1. The van der Waals surface area contributed by atoms with Crippen LogP contribution >= 0.6 is 23.5 Å². The van der Waals surface area contributed by atoms with Crippen LogP contribution in [0.5, 0.6) is 0 Å². The van der Waals surface area contributed by atoms with Crippen LogP contribution in [-0.2, 0) is 10.8 Å². The van der Waals surface area contributed by atoms with E-state index in [1.807, 2.05) is 0 Å². The average Bonchev–Trinajstić information content (AvgIpc) is 3.83. The zero-order valence-corrected chi connectivity index (χ0v) is 36.7. The monoisotopic (exact) mass is 780 g/mol. The largest absolute Gasteiger partial charge is 0.292 e. The normalized spacial score (nSPS) is 51.1. The second kappa shape index (κ2) is 11.6. The van der Waals surface area contributed by atoms with Crippen molar-refractivity contribution in [1.82, 2.24) is 9.80 Å². The van der Waals surface area contributed by atoms with Gasteiger partial charge in [-0.05, 0) is 119 Å². The fourth-order valence-corrected chi connectivity index (χ4v) is 23.9. The van der Waals surface area contributed by atoms with Gasteiger partial charge in [0.15, 0.2) is 6.71 Å². The molecule has 18 atom stereocenters. The molecule has 7 heterocycles. The first-order valence-corrected chi connectivity index (χ1v) is 26.0. The van der Waals surface area contributed by atoms with Crippen LogP contribution in [-0.4, -0.2) is 80.5 Å². The molecule has 56 heavy (non-hydrogen) atoms. The van der Waals surface area contributed by atoms with Crippen molar-refractivity contribution in [1.29, 1.82) is 0 Å². The molecule has 6 heteroatoms. The molecule has 14 rings (SSSR count). The van der Waals surface area contributed by atoms with Gasteiger partial charge in [-0.3, -0.25) is 9.80 Å². The molecule has 12 fully saturated rings. The molecule has 2 aromatic rings. The fraction of sp³-hybridized carbons (Fsp3) is 0.760. The minimum absolute atomic E-state index is 0.142. The minimum Gasteiger partial charge on any atom is -0.292 e. The van der Waals surface area contributed by atoms with Crippen molar-refractivity contribution in [2.45, 2.75) is 197 Å². The number of hydrogen-bond acceptors (Lipinski definition) is 4. The summed E-state index contributed by atoms with van der Waals surface area (Å²) in [5, 5.41) is 3.19. The molecule has 7 saturated heterocycles. The van der Waals surface area contributed by atoms with Crippen molar-refractivity contribution < 1.29 is 0 Å². The summed E-state index contributed by atoms with van der Waals surface area (Å²) in [5.74, 6) is 9.76. The molecule has 294 valence electrons. The van der Waals surface area contributed by atoms with Crippen LogP contribution in [0.25, 0.3) is 0 Å². The molecular weight excluding hydrogens is 714 g/mol. The van der Waals surface area contributed by atoms with E-state index >= 15 is 0 Å². The summed E-state index contributed by atoms with van der Waals surface area (Å²) in [7, 11) is 0. The lowest BCUT2D eigenvalue weighted by molar-refractivity contribution is -0.0138. The van der Waals surface area contributed by atoms with Crippen molar-refractivity contribution in [3.8, 4) is 0 Å². The quantitative estimate of drug-likeness (QED) is 0.287. The topological polar surface area (TPSA) is 6.48 Å². The first kappa shape index (κ1) is 34.9. The van der Waals surface area contributed by atoms with Gasteiger partial charge in [-0.15, -0.1) is 0 Å². The third kappa shape index (κ3) is 4.22. The highest BCUT2D eigenvalue weighted by Gasteiger charge is 2.82.